The van der Waals surface area contributed by atoms with E-state index in [4.69, 9.17) is 14.2 Å². The van der Waals surface area contributed by atoms with E-state index in [0.717, 1.165) is 0 Å². The standard InChI is InChI=1S/C41H43N3O8/c1-26-36(28-15-9-5-10-16-28)51-40(49)34-32-22-23-41(52-32)35(34)38(47)44(31(25-45)27-13-7-4-8-14-27)37(41)39(48)43(29-18-20-30(50-3)21-19-29)24-12-6-11-17-33(46)42(26)2/h4-10,12-16,18-23,26,31-32,34-37,45H,11,17,24-25H2,1-3H3/b12-6-/t26-,31+,32+,34-,35-,36+,37+,41-/m0/s1. The second-order valence-corrected chi connectivity index (χ2v) is 13.7. The number of amides is 3. The van der Waals surface area contributed by atoms with Gasteiger partial charge in [-0.15, -0.1) is 0 Å². The maximum Gasteiger partial charge on any atom is 0.313 e. The molecular weight excluding hydrogens is 662 g/mol. The molecule has 3 aromatic rings. The van der Waals surface area contributed by atoms with Gasteiger partial charge in [-0.2, -0.15) is 0 Å². The van der Waals surface area contributed by atoms with Crippen molar-refractivity contribution in [3.8, 4) is 5.75 Å². The number of hydrogen-bond acceptors (Lipinski definition) is 8. The highest BCUT2D eigenvalue weighted by atomic mass is 16.6. The third-order valence-corrected chi connectivity index (χ3v) is 11.0. The van der Waals surface area contributed by atoms with Crippen LogP contribution in [0.5, 0.6) is 5.75 Å². The summed E-state index contributed by atoms with van der Waals surface area (Å²) in [6.45, 7) is 1.48. The van der Waals surface area contributed by atoms with Crippen LogP contribution in [0.3, 0.4) is 0 Å². The summed E-state index contributed by atoms with van der Waals surface area (Å²) >= 11 is 0. The molecule has 8 atom stereocenters. The van der Waals surface area contributed by atoms with Crippen LogP contribution in [-0.2, 0) is 28.7 Å². The molecule has 0 saturated carbocycles. The van der Waals surface area contributed by atoms with Crippen molar-refractivity contribution in [3.05, 3.63) is 120 Å². The lowest BCUT2D eigenvalue weighted by molar-refractivity contribution is -0.164. The number of allylic oxidation sites excluding steroid dienone is 1. The number of rotatable bonds is 6. The van der Waals surface area contributed by atoms with E-state index >= 15 is 4.79 Å². The quantitative estimate of drug-likeness (QED) is 0.296. The number of anilines is 1. The van der Waals surface area contributed by atoms with Gasteiger partial charge in [-0.25, -0.2) is 0 Å². The van der Waals surface area contributed by atoms with Crippen molar-refractivity contribution in [2.75, 3.05) is 32.2 Å². The Morgan fingerprint density at radius 3 is 2.29 bits per heavy atom. The zero-order valence-electron chi connectivity index (χ0n) is 29.4. The molecule has 2 fully saturated rings. The van der Waals surface area contributed by atoms with Crippen LogP contribution in [0.1, 0.15) is 43.0 Å². The smallest absolute Gasteiger partial charge is 0.313 e. The van der Waals surface area contributed by atoms with Gasteiger partial charge in [0.2, 0.25) is 11.8 Å². The van der Waals surface area contributed by atoms with Crippen LogP contribution < -0.4 is 9.64 Å². The SMILES string of the molecule is COc1ccc(N2C/C=C\CCC(=O)N(C)[C@@H](C)[C@H](c3ccccc3)OC(=O)[C@@H]3[C@H]4C(=O)N([C@H](CO)c5ccccc5)[C@H](C2=O)[C@]42C=C[C@H]3O2)cc1. The molecule has 52 heavy (non-hydrogen) atoms. The summed E-state index contributed by atoms with van der Waals surface area (Å²) < 4.78 is 18.3. The average Bonchev–Trinajstić information content (AvgIpc) is 3.82. The number of likely N-dealkylation sites (tertiary alicyclic amines) is 1. The van der Waals surface area contributed by atoms with Gasteiger partial charge in [0.05, 0.1) is 37.8 Å². The topological polar surface area (TPSA) is 126 Å². The Bertz CT molecular complexity index is 1870. The number of likely N-dealkylation sites (N-methyl/N-ethyl adjacent to an activating group) is 1. The van der Waals surface area contributed by atoms with Crippen LogP contribution in [-0.4, -0.2) is 89.7 Å². The molecule has 0 unspecified atom stereocenters. The molecule has 0 aromatic heterocycles. The number of carbonyl (C=O) groups is 4. The van der Waals surface area contributed by atoms with Crippen LogP contribution >= 0.6 is 0 Å². The molecule has 4 aliphatic heterocycles. The van der Waals surface area contributed by atoms with Gasteiger partial charge in [-0.1, -0.05) is 85.0 Å². The monoisotopic (exact) mass is 705 g/mol. The molecule has 3 aromatic carbocycles. The first-order valence-electron chi connectivity index (χ1n) is 17.7. The number of ether oxygens (including phenoxy) is 3. The second kappa shape index (κ2) is 14.4. The second-order valence-electron chi connectivity index (χ2n) is 13.7. The van der Waals surface area contributed by atoms with Crippen molar-refractivity contribution in [3.63, 3.8) is 0 Å². The van der Waals surface area contributed by atoms with Crippen LogP contribution in [0.25, 0.3) is 0 Å². The van der Waals surface area contributed by atoms with Crippen molar-refractivity contribution in [1.82, 2.24) is 9.80 Å². The zero-order valence-corrected chi connectivity index (χ0v) is 29.4. The Kier molecular flexibility index (Phi) is 9.73. The number of carbonyl (C=O) groups excluding carboxylic acids is 4. The maximum atomic E-state index is 15.2. The van der Waals surface area contributed by atoms with Crippen LogP contribution in [0.15, 0.2) is 109 Å². The molecule has 1 N–H and O–H groups in total. The minimum absolute atomic E-state index is 0.120. The van der Waals surface area contributed by atoms with E-state index in [1.54, 1.807) is 72.5 Å². The Morgan fingerprint density at radius 2 is 1.62 bits per heavy atom. The highest BCUT2D eigenvalue weighted by Gasteiger charge is 2.74. The number of hydrogen-bond donors (Lipinski definition) is 1. The number of esters is 1. The van der Waals surface area contributed by atoms with Crippen molar-refractivity contribution in [1.29, 1.82) is 0 Å². The molecular formula is C41H43N3O8. The zero-order chi connectivity index (χ0) is 36.6. The van der Waals surface area contributed by atoms with Crippen LogP contribution in [0.2, 0.25) is 0 Å². The Labute approximate surface area is 303 Å². The summed E-state index contributed by atoms with van der Waals surface area (Å²) in [5.74, 6) is -3.33. The molecule has 4 aliphatic rings. The van der Waals surface area contributed by atoms with E-state index in [-0.39, 0.29) is 18.9 Å². The fourth-order valence-corrected chi connectivity index (χ4v) is 8.16. The van der Waals surface area contributed by atoms with Gasteiger partial charge in [0.1, 0.15) is 29.4 Å². The van der Waals surface area contributed by atoms with E-state index in [2.05, 4.69) is 0 Å². The number of benzene rings is 3. The van der Waals surface area contributed by atoms with Gasteiger partial charge in [0.15, 0.2) is 0 Å². The predicted molar refractivity (Wildman–Crippen MR) is 192 cm³/mol. The average molecular weight is 706 g/mol. The van der Waals surface area contributed by atoms with Crippen LogP contribution in [0, 0.1) is 11.8 Å². The van der Waals surface area contributed by atoms with Crippen molar-refractivity contribution in [2.45, 2.75) is 55.7 Å². The van der Waals surface area contributed by atoms with Gasteiger partial charge in [-0.05, 0) is 48.7 Å². The van der Waals surface area contributed by atoms with Crippen molar-refractivity contribution >= 4 is 29.4 Å². The number of aliphatic hydroxyl groups is 1. The molecule has 4 heterocycles. The Hall–Kier alpha value is -5.26. The van der Waals surface area contributed by atoms with E-state index in [1.807, 2.05) is 67.6 Å². The highest BCUT2D eigenvalue weighted by molar-refractivity contribution is 6.05. The Balaban J connectivity index is 1.37. The predicted octanol–water partition coefficient (Wildman–Crippen LogP) is 4.39. The number of cyclic esters (lactones) is 1. The number of methoxy groups -OCH3 is 1. The van der Waals surface area contributed by atoms with E-state index in [9.17, 15) is 19.5 Å². The molecule has 7 rings (SSSR count). The maximum absolute atomic E-state index is 15.2. The molecule has 1 spiro atoms. The van der Waals surface area contributed by atoms with Crippen molar-refractivity contribution in [2.24, 2.45) is 11.8 Å². The Morgan fingerprint density at radius 1 is 0.923 bits per heavy atom. The normalized spacial score (nSPS) is 30.3. The number of aliphatic hydroxyl groups excluding tert-OH is 1. The van der Waals surface area contributed by atoms with Gasteiger partial charge < -0.3 is 34.0 Å². The molecule has 0 radical (unpaired) electrons. The lowest BCUT2D eigenvalue weighted by atomic mass is 9.74. The molecule has 11 heteroatoms. The van der Waals surface area contributed by atoms with E-state index < -0.39 is 72.2 Å². The summed E-state index contributed by atoms with van der Waals surface area (Å²) in [5.41, 5.74) is 0.355. The number of nitrogens with zero attached hydrogens (tertiary/aromatic N) is 3. The summed E-state index contributed by atoms with van der Waals surface area (Å²) in [7, 11) is 3.25. The van der Waals surface area contributed by atoms with Crippen LogP contribution in [0.4, 0.5) is 5.69 Å². The van der Waals surface area contributed by atoms with Gasteiger partial charge in [0.25, 0.3) is 5.91 Å². The fourth-order valence-electron chi connectivity index (χ4n) is 8.16. The first-order valence-corrected chi connectivity index (χ1v) is 17.7. The first-order chi connectivity index (χ1) is 25.2. The highest BCUT2D eigenvalue weighted by Crippen LogP contribution is 2.57. The minimum atomic E-state index is -1.52. The molecule has 3 amide bonds. The molecule has 2 saturated heterocycles. The lowest BCUT2D eigenvalue weighted by Gasteiger charge is -2.39. The lowest BCUT2D eigenvalue weighted by Crippen LogP contribution is -2.57. The third kappa shape index (κ3) is 5.97. The third-order valence-electron chi connectivity index (χ3n) is 11.0. The van der Waals surface area contributed by atoms with Crippen molar-refractivity contribution < 1.29 is 38.5 Å². The minimum Gasteiger partial charge on any atom is -0.497 e. The molecule has 11 nitrogen and oxygen atoms in total. The fraction of sp³-hybridized carbons (Fsp3) is 0.366. The number of fused-ring (bicyclic) bond motifs is 2. The molecule has 270 valence electrons. The first kappa shape index (κ1) is 35.2. The van der Waals surface area contributed by atoms with Gasteiger partial charge in [0, 0.05) is 25.7 Å². The summed E-state index contributed by atoms with van der Waals surface area (Å²) in [6.07, 6.45) is 6.10. The summed E-state index contributed by atoms with van der Waals surface area (Å²) in [4.78, 5) is 62.7. The van der Waals surface area contributed by atoms with E-state index in [1.165, 1.54) is 4.90 Å². The van der Waals surface area contributed by atoms with E-state index in [0.29, 0.717) is 29.0 Å². The summed E-state index contributed by atoms with van der Waals surface area (Å²) in [5, 5.41) is 10.9. The molecule has 5 bridgehead atoms. The van der Waals surface area contributed by atoms with Gasteiger partial charge in [-0.3, -0.25) is 19.2 Å². The van der Waals surface area contributed by atoms with Gasteiger partial charge >= 0.3 is 5.97 Å². The summed E-state index contributed by atoms with van der Waals surface area (Å²) in [6, 6.07) is 22.6. The molecule has 0 aliphatic carbocycles. The largest absolute Gasteiger partial charge is 0.497 e.